The van der Waals surface area contributed by atoms with Gasteiger partial charge in [-0.25, -0.2) is 4.99 Å². The summed E-state index contributed by atoms with van der Waals surface area (Å²) >= 11 is 0. The van der Waals surface area contributed by atoms with Gasteiger partial charge < -0.3 is 14.9 Å². The second-order valence-electron chi connectivity index (χ2n) is 5.54. The predicted molar refractivity (Wildman–Crippen MR) is 82.3 cm³/mol. The van der Waals surface area contributed by atoms with E-state index in [1.807, 2.05) is 66.5 Å². The van der Waals surface area contributed by atoms with E-state index in [0.717, 1.165) is 35.9 Å². The highest BCUT2D eigenvalue weighted by molar-refractivity contribution is 5.88. The Labute approximate surface area is 124 Å². The maximum atomic E-state index is 11.6. The molecule has 2 aromatic carbocycles. The SMILES string of the molecule is CN1CCN2C1=Nc1ccccc1C2(O)c1ccccc1. The number of hydrogen-bond donors (Lipinski definition) is 1. The van der Waals surface area contributed by atoms with Crippen LogP contribution in [0.5, 0.6) is 0 Å². The first-order valence-electron chi connectivity index (χ1n) is 7.16. The summed E-state index contributed by atoms with van der Waals surface area (Å²) in [5.74, 6) is 0.833. The number of para-hydroxylation sites is 1. The van der Waals surface area contributed by atoms with Crippen molar-refractivity contribution in [2.24, 2.45) is 4.99 Å². The van der Waals surface area contributed by atoms with Crippen LogP contribution in [-0.4, -0.2) is 41.0 Å². The second-order valence-corrected chi connectivity index (χ2v) is 5.54. The van der Waals surface area contributed by atoms with Crippen LogP contribution in [0.3, 0.4) is 0 Å². The molecule has 1 unspecified atom stereocenters. The van der Waals surface area contributed by atoms with Gasteiger partial charge in [-0.15, -0.1) is 0 Å². The molecule has 106 valence electrons. The highest BCUT2D eigenvalue weighted by Crippen LogP contribution is 2.43. The highest BCUT2D eigenvalue weighted by atomic mass is 16.3. The fourth-order valence-corrected chi connectivity index (χ4v) is 3.21. The number of rotatable bonds is 1. The van der Waals surface area contributed by atoms with Crippen molar-refractivity contribution in [3.8, 4) is 0 Å². The number of nitrogens with zero attached hydrogens (tertiary/aromatic N) is 3. The van der Waals surface area contributed by atoms with Gasteiger partial charge in [-0.1, -0.05) is 48.5 Å². The maximum Gasteiger partial charge on any atom is 0.204 e. The summed E-state index contributed by atoms with van der Waals surface area (Å²) in [4.78, 5) is 8.80. The minimum Gasteiger partial charge on any atom is -0.363 e. The van der Waals surface area contributed by atoms with E-state index in [4.69, 9.17) is 4.99 Å². The van der Waals surface area contributed by atoms with Crippen LogP contribution in [0, 0.1) is 0 Å². The quantitative estimate of drug-likeness (QED) is 0.869. The molecule has 2 aromatic rings. The standard InChI is InChI=1S/C17H17N3O/c1-19-11-12-20-16(19)18-15-10-6-5-9-14(15)17(20,21)13-7-3-2-4-8-13/h2-10,21H,11-12H2,1H3. The van der Waals surface area contributed by atoms with Gasteiger partial charge >= 0.3 is 0 Å². The average molecular weight is 279 g/mol. The van der Waals surface area contributed by atoms with E-state index in [1.54, 1.807) is 0 Å². The number of likely N-dealkylation sites (N-methyl/N-ethyl adjacent to an activating group) is 1. The number of aliphatic hydroxyl groups is 1. The predicted octanol–water partition coefficient (Wildman–Crippen LogP) is 2.13. The van der Waals surface area contributed by atoms with Crippen LogP contribution in [0.2, 0.25) is 0 Å². The van der Waals surface area contributed by atoms with Crippen LogP contribution >= 0.6 is 0 Å². The van der Waals surface area contributed by atoms with Gasteiger partial charge in [-0.2, -0.15) is 0 Å². The molecule has 1 saturated heterocycles. The van der Waals surface area contributed by atoms with Crippen molar-refractivity contribution in [2.45, 2.75) is 5.72 Å². The third kappa shape index (κ3) is 1.63. The van der Waals surface area contributed by atoms with Crippen molar-refractivity contribution in [3.05, 3.63) is 65.7 Å². The third-order valence-electron chi connectivity index (χ3n) is 4.31. The summed E-state index contributed by atoms with van der Waals surface area (Å²) in [5, 5.41) is 11.6. The Bertz CT molecular complexity index is 713. The molecule has 0 aliphatic carbocycles. The molecule has 21 heavy (non-hydrogen) atoms. The summed E-state index contributed by atoms with van der Waals surface area (Å²) in [6, 6.07) is 17.7. The molecule has 2 aliphatic rings. The normalized spacial score (nSPS) is 23.6. The molecule has 4 nitrogen and oxygen atoms in total. The van der Waals surface area contributed by atoms with E-state index in [9.17, 15) is 5.11 Å². The average Bonchev–Trinajstić information content (AvgIpc) is 2.90. The monoisotopic (exact) mass is 279 g/mol. The zero-order valence-electron chi connectivity index (χ0n) is 11.9. The molecule has 0 saturated carbocycles. The van der Waals surface area contributed by atoms with Crippen molar-refractivity contribution < 1.29 is 5.11 Å². The maximum absolute atomic E-state index is 11.6. The molecule has 0 aromatic heterocycles. The first kappa shape index (κ1) is 12.4. The topological polar surface area (TPSA) is 39.1 Å². The van der Waals surface area contributed by atoms with E-state index in [0.29, 0.717) is 0 Å². The van der Waals surface area contributed by atoms with Gasteiger partial charge in [0, 0.05) is 31.3 Å². The van der Waals surface area contributed by atoms with E-state index in [-0.39, 0.29) is 0 Å². The van der Waals surface area contributed by atoms with Gasteiger partial charge in [-0.05, 0) is 6.07 Å². The molecule has 0 spiro atoms. The molecule has 1 fully saturated rings. The zero-order chi connectivity index (χ0) is 14.4. The van der Waals surface area contributed by atoms with Crippen molar-refractivity contribution in [2.75, 3.05) is 20.1 Å². The molecule has 4 heteroatoms. The van der Waals surface area contributed by atoms with E-state index < -0.39 is 5.72 Å². The van der Waals surface area contributed by atoms with Gasteiger partial charge in [0.05, 0.1) is 5.69 Å². The molecule has 2 heterocycles. The van der Waals surface area contributed by atoms with Crippen LogP contribution in [0.4, 0.5) is 5.69 Å². The number of hydrogen-bond acceptors (Lipinski definition) is 4. The molecule has 0 amide bonds. The lowest BCUT2D eigenvalue weighted by Crippen LogP contribution is -2.51. The van der Waals surface area contributed by atoms with Crippen molar-refractivity contribution in [3.63, 3.8) is 0 Å². The van der Waals surface area contributed by atoms with Gasteiger partial charge in [0.25, 0.3) is 0 Å². The fraction of sp³-hybridized carbons (Fsp3) is 0.235. The fourth-order valence-electron chi connectivity index (χ4n) is 3.21. The molecular formula is C17H17N3O. The minimum absolute atomic E-state index is 0.759. The Hall–Kier alpha value is -2.33. The molecule has 1 atom stereocenters. The summed E-state index contributed by atoms with van der Waals surface area (Å²) in [6.45, 7) is 1.62. The summed E-state index contributed by atoms with van der Waals surface area (Å²) in [6.07, 6.45) is 0. The Morgan fingerprint density at radius 2 is 1.71 bits per heavy atom. The molecule has 1 N–H and O–H groups in total. The molecule has 4 rings (SSSR count). The first-order valence-corrected chi connectivity index (χ1v) is 7.16. The number of benzene rings is 2. The first-order chi connectivity index (χ1) is 10.2. The van der Waals surface area contributed by atoms with E-state index >= 15 is 0 Å². The Morgan fingerprint density at radius 1 is 1.00 bits per heavy atom. The van der Waals surface area contributed by atoms with Crippen LogP contribution in [0.15, 0.2) is 59.6 Å². The lowest BCUT2D eigenvalue weighted by molar-refractivity contribution is -0.0336. The minimum atomic E-state index is -1.15. The van der Waals surface area contributed by atoms with Gasteiger partial charge in [0.1, 0.15) is 0 Å². The smallest absolute Gasteiger partial charge is 0.204 e. The second kappa shape index (κ2) is 4.33. The van der Waals surface area contributed by atoms with E-state index in [1.165, 1.54) is 0 Å². The van der Waals surface area contributed by atoms with Crippen molar-refractivity contribution in [1.29, 1.82) is 0 Å². The summed E-state index contributed by atoms with van der Waals surface area (Å²) in [5.41, 5.74) is 1.40. The van der Waals surface area contributed by atoms with Crippen LogP contribution in [0.1, 0.15) is 11.1 Å². The lowest BCUT2D eigenvalue weighted by atomic mass is 9.90. The largest absolute Gasteiger partial charge is 0.363 e. The van der Waals surface area contributed by atoms with Crippen LogP contribution in [0.25, 0.3) is 0 Å². The summed E-state index contributed by atoms with van der Waals surface area (Å²) < 4.78 is 0. The summed E-state index contributed by atoms with van der Waals surface area (Å²) in [7, 11) is 2.01. The molecular weight excluding hydrogens is 262 g/mol. The van der Waals surface area contributed by atoms with Gasteiger partial charge in [0.15, 0.2) is 5.72 Å². The van der Waals surface area contributed by atoms with Gasteiger partial charge in [-0.3, -0.25) is 0 Å². The zero-order valence-corrected chi connectivity index (χ0v) is 11.9. The van der Waals surface area contributed by atoms with Crippen molar-refractivity contribution >= 4 is 11.6 Å². The number of fused-ring (bicyclic) bond motifs is 2. The number of aliphatic imine (C=N–C) groups is 1. The molecule has 0 radical (unpaired) electrons. The highest BCUT2D eigenvalue weighted by Gasteiger charge is 2.47. The Kier molecular flexibility index (Phi) is 2.56. The Balaban J connectivity index is 1.99. The molecule has 2 aliphatic heterocycles. The van der Waals surface area contributed by atoms with Crippen LogP contribution < -0.4 is 0 Å². The third-order valence-corrected chi connectivity index (χ3v) is 4.31. The Morgan fingerprint density at radius 3 is 2.52 bits per heavy atom. The van der Waals surface area contributed by atoms with E-state index in [2.05, 4.69) is 4.90 Å². The lowest BCUT2D eigenvalue weighted by Gasteiger charge is -2.42. The van der Waals surface area contributed by atoms with Crippen LogP contribution in [-0.2, 0) is 5.72 Å². The number of guanidine groups is 1. The molecule has 0 bridgehead atoms. The van der Waals surface area contributed by atoms with Gasteiger partial charge in [0.2, 0.25) is 5.96 Å². The van der Waals surface area contributed by atoms with Crippen molar-refractivity contribution in [1.82, 2.24) is 9.80 Å².